The fourth-order valence-electron chi connectivity index (χ4n) is 1.70. The van der Waals surface area contributed by atoms with Gasteiger partial charge < -0.3 is 5.73 Å². The molecular formula is C13H14N4O2S. The van der Waals surface area contributed by atoms with E-state index in [0.29, 0.717) is 12.1 Å². The lowest BCUT2D eigenvalue weighted by molar-refractivity contribution is 0.580. The first-order chi connectivity index (χ1) is 9.55. The molecule has 2 aromatic rings. The van der Waals surface area contributed by atoms with Gasteiger partial charge in [0.25, 0.3) is 0 Å². The quantitative estimate of drug-likeness (QED) is 0.872. The maximum Gasteiger partial charge on any atom is 0.180 e. The lowest BCUT2D eigenvalue weighted by atomic mass is 10.2. The van der Waals surface area contributed by atoms with Crippen LogP contribution in [-0.2, 0) is 22.9 Å². The summed E-state index contributed by atoms with van der Waals surface area (Å²) in [7, 11) is -3.38. The van der Waals surface area contributed by atoms with Crippen molar-refractivity contribution in [2.75, 3.05) is 5.75 Å². The number of rotatable bonds is 5. The maximum absolute atomic E-state index is 12.1. The number of hydrogen-bond donors (Lipinski definition) is 1. The van der Waals surface area contributed by atoms with Crippen molar-refractivity contribution in [3.8, 4) is 6.07 Å². The number of nitriles is 1. The van der Waals surface area contributed by atoms with Crippen LogP contribution in [0.4, 0.5) is 0 Å². The minimum atomic E-state index is -3.38. The van der Waals surface area contributed by atoms with Gasteiger partial charge in [-0.05, 0) is 24.3 Å². The summed E-state index contributed by atoms with van der Waals surface area (Å²) >= 11 is 0. The number of hydrogen-bond acceptors (Lipinski definition) is 5. The molecule has 1 heterocycles. The fourth-order valence-corrected chi connectivity index (χ4v) is 2.92. The van der Waals surface area contributed by atoms with Crippen molar-refractivity contribution in [3.63, 3.8) is 0 Å². The van der Waals surface area contributed by atoms with Crippen molar-refractivity contribution in [2.45, 2.75) is 18.0 Å². The molecule has 6 nitrogen and oxygen atoms in total. The third kappa shape index (κ3) is 3.23. The number of aromatic nitrogens is 2. The Kier molecular flexibility index (Phi) is 4.17. The molecule has 0 fully saturated rings. The van der Waals surface area contributed by atoms with E-state index in [4.69, 9.17) is 11.0 Å². The normalized spacial score (nSPS) is 11.2. The average Bonchev–Trinajstić information content (AvgIpc) is 2.93. The number of sulfone groups is 1. The van der Waals surface area contributed by atoms with Gasteiger partial charge in [-0.2, -0.15) is 10.4 Å². The highest BCUT2D eigenvalue weighted by atomic mass is 32.2. The number of nitrogens with zero attached hydrogens (tertiary/aromatic N) is 3. The average molecular weight is 290 g/mol. The van der Waals surface area contributed by atoms with Crippen LogP contribution in [0.15, 0.2) is 41.6 Å². The second kappa shape index (κ2) is 5.86. The Morgan fingerprint density at radius 3 is 2.55 bits per heavy atom. The molecule has 0 atom stereocenters. The van der Waals surface area contributed by atoms with Gasteiger partial charge >= 0.3 is 0 Å². The van der Waals surface area contributed by atoms with Crippen LogP contribution in [0, 0.1) is 11.3 Å². The zero-order valence-corrected chi connectivity index (χ0v) is 11.5. The van der Waals surface area contributed by atoms with E-state index in [2.05, 4.69) is 5.10 Å². The molecule has 0 aliphatic heterocycles. The molecule has 0 bridgehead atoms. The zero-order chi connectivity index (χ0) is 14.6. The number of benzene rings is 1. The van der Waals surface area contributed by atoms with Crippen molar-refractivity contribution in [1.82, 2.24) is 9.78 Å². The molecular weight excluding hydrogens is 276 g/mol. The molecule has 0 aliphatic carbocycles. The van der Waals surface area contributed by atoms with Gasteiger partial charge in [-0.15, -0.1) is 0 Å². The van der Waals surface area contributed by atoms with E-state index in [1.54, 1.807) is 17.1 Å². The summed E-state index contributed by atoms with van der Waals surface area (Å²) in [5, 5.41) is 12.7. The van der Waals surface area contributed by atoms with Crippen molar-refractivity contribution >= 4 is 9.84 Å². The van der Waals surface area contributed by atoms with Crippen LogP contribution in [-0.4, -0.2) is 24.0 Å². The molecule has 1 aromatic carbocycles. The predicted molar refractivity (Wildman–Crippen MR) is 73.3 cm³/mol. The summed E-state index contributed by atoms with van der Waals surface area (Å²) in [5.41, 5.74) is 6.76. The van der Waals surface area contributed by atoms with E-state index < -0.39 is 9.84 Å². The highest BCUT2D eigenvalue weighted by molar-refractivity contribution is 7.91. The van der Waals surface area contributed by atoms with Crippen molar-refractivity contribution in [2.24, 2.45) is 5.73 Å². The van der Waals surface area contributed by atoms with Crippen molar-refractivity contribution in [1.29, 1.82) is 5.26 Å². The first-order valence-corrected chi connectivity index (χ1v) is 7.65. The summed E-state index contributed by atoms with van der Waals surface area (Å²) in [6, 6.07) is 7.83. The van der Waals surface area contributed by atoms with Crippen LogP contribution < -0.4 is 5.73 Å². The third-order valence-electron chi connectivity index (χ3n) is 2.85. The Bertz CT molecular complexity index is 726. The molecule has 0 unspecified atom stereocenters. The van der Waals surface area contributed by atoms with E-state index in [0.717, 1.165) is 5.56 Å². The summed E-state index contributed by atoms with van der Waals surface area (Å²) < 4.78 is 25.8. The van der Waals surface area contributed by atoms with Gasteiger partial charge in [0.05, 0.1) is 35.0 Å². The smallest absolute Gasteiger partial charge is 0.180 e. The van der Waals surface area contributed by atoms with Gasteiger partial charge in [0, 0.05) is 18.3 Å². The second-order valence-corrected chi connectivity index (χ2v) is 6.38. The topological polar surface area (TPSA) is 102 Å². The molecule has 104 valence electrons. The maximum atomic E-state index is 12.1. The number of aryl methyl sites for hydroxylation is 1. The van der Waals surface area contributed by atoms with E-state index in [9.17, 15) is 8.42 Å². The molecule has 0 spiro atoms. The van der Waals surface area contributed by atoms with Crippen LogP contribution in [0.3, 0.4) is 0 Å². The molecule has 0 radical (unpaired) electrons. The van der Waals surface area contributed by atoms with Gasteiger partial charge in [-0.3, -0.25) is 4.68 Å². The highest BCUT2D eigenvalue weighted by Gasteiger charge is 2.14. The van der Waals surface area contributed by atoms with E-state index >= 15 is 0 Å². The van der Waals surface area contributed by atoms with E-state index in [-0.39, 0.29) is 17.2 Å². The van der Waals surface area contributed by atoms with Gasteiger partial charge in [-0.1, -0.05) is 0 Å². The van der Waals surface area contributed by atoms with E-state index in [1.165, 1.54) is 24.3 Å². The first kappa shape index (κ1) is 14.2. The van der Waals surface area contributed by atoms with Gasteiger partial charge in [-0.25, -0.2) is 8.42 Å². The van der Waals surface area contributed by atoms with Crippen LogP contribution in [0.1, 0.15) is 11.1 Å². The molecule has 0 amide bonds. The standard InChI is InChI=1S/C13H14N4O2S/c14-7-11-1-3-13(4-2-11)20(18,19)6-5-17-10-12(8-15)9-16-17/h1-4,9-10H,5-6,8,15H2. The summed E-state index contributed by atoms with van der Waals surface area (Å²) in [4.78, 5) is 0.211. The molecule has 0 aliphatic rings. The van der Waals surface area contributed by atoms with Gasteiger partial charge in [0.1, 0.15) is 0 Å². The lowest BCUT2D eigenvalue weighted by Gasteiger charge is -2.05. The summed E-state index contributed by atoms with van der Waals surface area (Å²) in [5.74, 6) is -0.0510. The van der Waals surface area contributed by atoms with Crippen LogP contribution >= 0.6 is 0 Å². The molecule has 2 rings (SSSR count). The van der Waals surface area contributed by atoms with Crippen LogP contribution in [0.25, 0.3) is 0 Å². The third-order valence-corrected chi connectivity index (χ3v) is 4.56. The Balaban J connectivity index is 2.08. The Morgan fingerprint density at radius 1 is 1.30 bits per heavy atom. The Labute approximate surface area is 117 Å². The van der Waals surface area contributed by atoms with Crippen LogP contribution in [0.5, 0.6) is 0 Å². The van der Waals surface area contributed by atoms with Gasteiger partial charge in [0.15, 0.2) is 9.84 Å². The van der Waals surface area contributed by atoms with E-state index in [1.807, 2.05) is 6.07 Å². The fraction of sp³-hybridized carbons (Fsp3) is 0.231. The molecule has 2 N–H and O–H groups in total. The summed E-state index contributed by atoms with van der Waals surface area (Å²) in [6.07, 6.45) is 3.35. The largest absolute Gasteiger partial charge is 0.326 e. The monoisotopic (exact) mass is 290 g/mol. The minimum Gasteiger partial charge on any atom is -0.326 e. The Hall–Kier alpha value is -2.17. The van der Waals surface area contributed by atoms with Crippen molar-refractivity contribution in [3.05, 3.63) is 47.8 Å². The minimum absolute atomic E-state index is 0.0510. The predicted octanol–water partition coefficient (Wildman–Crippen LogP) is 0.687. The lowest BCUT2D eigenvalue weighted by Crippen LogP contribution is -2.13. The number of nitrogens with two attached hydrogens (primary N) is 1. The highest BCUT2D eigenvalue weighted by Crippen LogP contribution is 2.12. The van der Waals surface area contributed by atoms with Crippen LogP contribution in [0.2, 0.25) is 0 Å². The van der Waals surface area contributed by atoms with Gasteiger partial charge in [0.2, 0.25) is 0 Å². The molecule has 0 saturated carbocycles. The zero-order valence-electron chi connectivity index (χ0n) is 10.7. The van der Waals surface area contributed by atoms with Crippen molar-refractivity contribution < 1.29 is 8.42 Å². The second-order valence-electron chi connectivity index (χ2n) is 4.27. The SMILES string of the molecule is N#Cc1ccc(S(=O)(=O)CCn2cc(CN)cn2)cc1. The Morgan fingerprint density at radius 2 is 2.00 bits per heavy atom. The molecule has 7 heteroatoms. The molecule has 0 saturated heterocycles. The molecule has 1 aromatic heterocycles. The summed E-state index contributed by atoms with van der Waals surface area (Å²) in [6.45, 7) is 0.644. The molecule has 20 heavy (non-hydrogen) atoms. The first-order valence-electron chi connectivity index (χ1n) is 5.99.